The molecule has 1 N–H and O–H groups in total. The summed E-state index contributed by atoms with van der Waals surface area (Å²) >= 11 is 5.28. The number of para-hydroxylation sites is 1. The molecule has 88 valence electrons. The molecule has 4 nitrogen and oxygen atoms in total. The first-order valence-electron chi connectivity index (χ1n) is 4.88. The number of fused-ring (bicyclic) bond motifs is 1. The number of hydrogen-bond donors (Lipinski definition) is 1. The number of sulfonamides is 1. The molecular weight excluding hydrogens is 250 g/mol. The molecule has 1 unspecified atom stereocenters. The summed E-state index contributed by atoms with van der Waals surface area (Å²) < 4.78 is 30.2. The van der Waals surface area contributed by atoms with Crippen LogP contribution in [0, 0.1) is 0 Å². The van der Waals surface area contributed by atoms with Crippen LogP contribution in [0.5, 0.6) is 5.75 Å². The maximum atomic E-state index is 11.1. The van der Waals surface area contributed by atoms with Gasteiger partial charge in [0.2, 0.25) is 10.0 Å². The van der Waals surface area contributed by atoms with Crippen molar-refractivity contribution in [3.8, 4) is 5.75 Å². The summed E-state index contributed by atoms with van der Waals surface area (Å²) in [5.41, 5.74) is 1.11. The van der Waals surface area contributed by atoms with Gasteiger partial charge in [0.05, 0.1) is 0 Å². The van der Waals surface area contributed by atoms with Crippen LogP contribution in [-0.4, -0.2) is 26.3 Å². The van der Waals surface area contributed by atoms with Crippen LogP contribution < -0.4 is 9.46 Å². The van der Waals surface area contributed by atoms with Crippen molar-refractivity contribution in [1.82, 2.24) is 4.72 Å². The van der Waals surface area contributed by atoms with E-state index in [-0.39, 0.29) is 12.6 Å². The van der Waals surface area contributed by atoms with E-state index in [1.807, 2.05) is 24.3 Å². The Balaban J connectivity index is 1.93. The second-order valence-electron chi connectivity index (χ2n) is 3.62. The maximum Gasteiger partial charge on any atom is 0.225 e. The molecule has 0 amide bonds. The Morgan fingerprint density at radius 2 is 2.19 bits per heavy atom. The summed E-state index contributed by atoms with van der Waals surface area (Å²) in [4.78, 5) is 0. The van der Waals surface area contributed by atoms with E-state index in [2.05, 4.69) is 4.72 Å². The molecule has 0 saturated heterocycles. The zero-order valence-electron chi connectivity index (χ0n) is 8.52. The van der Waals surface area contributed by atoms with Crippen molar-refractivity contribution in [2.24, 2.45) is 0 Å². The molecule has 0 saturated carbocycles. The average molecular weight is 262 g/mol. The third-order valence-electron chi connectivity index (χ3n) is 2.39. The van der Waals surface area contributed by atoms with Crippen molar-refractivity contribution in [3.05, 3.63) is 29.8 Å². The minimum Gasteiger partial charge on any atom is -0.488 e. The largest absolute Gasteiger partial charge is 0.488 e. The monoisotopic (exact) mass is 261 g/mol. The molecule has 6 heteroatoms. The van der Waals surface area contributed by atoms with Gasteiger partial charge in [0.1, 0.15) is 17.1 Å². The van der Waals surface area contributed by atoms with E-state index in [0.29, 0.717) is 0 Å². The molecule has 16 heavy (non-hydrogen) atoms. The SMILES string of the molecule is O=S(=O)(CCl)NCC1Cc2ccccc2O1. The van der Waals surface area contributed by atoms with Gasteiger partial charge in [0.15, 0.2) is 0 Å². The highest BCUT2D eigenvalue weighted by Gasteiger charge is 2.23. The quantitative estimate of drug-likeness (QED) is 0.826. The summed E-state index contributed by atoms with van der Waals surface area (Å²) in [6, 6.07) is 7.69. The Bertz CT molecular complexity index is 450. The van der Waals surface area contributed by atoms with Crippen LogP contribution in [0.1, 0.15) is 5.56 Å². The fourth-order valence-corrected chi connectivity index (χ4v) is 2.37. The highest BCUT2D eigenvalue weighted by molar-refractivity contribution is 7.90. The van der Waals surface area contributed by atoms with Crippen molar-refractivity contribution < 1.29 is 13.2 Å². The Labute approximate surface area is 99.6 Å². The normalized spacial score (nSPS) is 19.2. The minimum atomic E-state index is -3.36. The molecule has 0 aromatic heterocycles. The van der Waals surface area contributed by atoms with Gasteiger partial charge >= 0.3 is 0 Å². The van der Waals surface area contributed by atoms with Gasteiger partial charge in [-0.05, 0) is 11.6 Å². The van der Waals surface area contributed by atoms with Gasteiger partial charge in [-0.15, -0.1) is 11.6 Å². The van der Waals surface area contributed by atoms with Gasteiger partial charge in [-0.25, -0.2) is 13.1 Å². The standard InChI is InChI=1S/C10H12ClNO3S/c11-7-16(13,14)12-6-9-5-8-3-1-2-4-10(8)15-9/h1-4,9,12H,5-7H2. The first-order chi connectivity index (χ1) is 7.61. The molecule has 1 aliphatic heterocycles. The second-order valence-corrected chi connectivity index (χ2v) is 6.02. The van der Waals surface area contributed by atoms with Crippen LogP contribution in [0.4, 0.5) is 0 Å². The van der Waals surface area contributed by atoms with Crippen LogP contribution in [0.25, 0.3) is 0 Å². The maximum absolute atomic E-state index is 11.1. The molecule has 0 aliphatic carbocycles. The van der Waals surface area contributed by atoms with E-state index in [1.165, 1.54) is 0 Å². The summed E-state index contributed by atoms with van der Waals surface area (Å²) in [5.74, 6) is 0.831. The van der Waals surface area contributed by atoms with Crippen LogP contribution in [0.15, 0.2) is 24.3 Å². The molecule has 1 aromatic carbocycles. The number of halogens is 1. The number of alkyl halides is 1. The zero-order valence-corrected chi connectivity index (χ0v) is 10.1. The minimum absolute atomic E-state index is 0.143. The van der Waals surface area contributed by atoms with E-state index in [1.54, 1.807) is 0 Å². The van der Waals surface area contributed by atoms with E-state index in [4.69, 9.17) is 16.3 Å². The molecule has 1 aliphatic rings. The molecule has 0 bridgehead atoms. The summed E-state index contributed by atoms with van der Waals surface area (Å²) in [6.07, 6.45) is 0.580. The third kappa shape index (κ3) is 2.66. The fraction of sp³-hybridized carbons (Fsp3) is 0.400. The Morgan fingerprint density at radius 3 is 2.88 bits per heavy atom. The summed E-state index contributed by atoms with van der Waals surface area (Å²) in [6.45, 7) is 0.254. The number of benzene rings is 1. The van der Waals surface area contributed by atoms with Gasteiger partial charge in [-0.3, -0.25) is 0 Å². The van der Waals surface area contributed by atoms with E-state index in [9.17, 15) is 8.42 Å². The predicted octanol–water partition coefficient (Wildman–Crippen LogP) is 1.11. The molecule has 0 spiro atoms. The number of nitrogens with one attached hydrogen (secondary N) is 1. The second kappa shape index (κ2) is 4.61. The van der Waals surface area contributed by atoms with E-state index in [0.717, 1.165) is 17.7 Å². The lowest BCUT2D eigenvalue weighted by Crippen LogP contribution is -2.34. The van der Waals surface area contributed by atoms with Crippen LogP contribution in [0.2, 0.25) is 0 Å². The highest BCUT2D eigenvalue weighted by Crippen LogP contribution is 2.27. The summed E-state index contributed by atoms with van der Waals surface area (Å²) in [7, 11) is -3.36. The number of hydrogen-bond acceptors (Lipinski definition) is 3. The molecule has 1 atom stereocenters. The molecular formula is C10H12ClNO3S. The van der Waals surface area contributed by atoms with Crippen molar-refractivity contribution in [2.75, 3.05) is 11.8 Å². The van der Waals surface area contributed by atoms with Crippen molar-refractivity contribution in [2.45, 2.75) is 12.5 Å². The Kier molecular flexibility index (Phi) is 3.37. The summed E-state index contributed by atoms with van der Waals surface area (Å²) in [5, 5.41) is -0.424. The molecule has 0 fully saturated rings. The average Bonchev–Trinajstić information content (AvgIpc) is 2.69. The lowest BCUT2D eigenvalue weighted by molar-refractivity contribution is 0.236. The number of ether oxygens (including phenoxy) is 1. The fourth-order valence-electron chi connectivity index (χ4n) is 1.63. The Hall–Kier alpha value is -0.780. The molecule has 1 aromatic rings. The van der Waals surface area contributed by atoms with Gasteiger partial charge in [0, 0.05) is 13.0 Å². The predicted molar refractivity (Wildman–Crippen MR) is 62.2 cm³/mol. The van der Waals surface area contributed by atoms with Crippen LogP contribution in [0.3, 0.4) is 0 Å². The number of rotatable bonds is 4. The van der Waals surface area contributed by atoms with Crippen LogP contribution >= 0.6 is 11.6 Å². The topological polar surface area (TPSA) is 55.4 Å². The zero-order chi connectivity index (χ0) is 11.6. The van der Waals surface area contributed by atoms with E-state index >= 15 is 0 Å². The van der Waals surface area contributed by atoms with Crippen molar-refractivity contribution in [1.29, 1.82) is 0 Å². The highest BCUT2D eigenvalue weighted by atomic mass is 35.5. The lowest BCUT2D eigenvalue weighted by Gasteiger charge is -2.10. The van der Waals surface area contributed by atoms with E-state index < -0.39 is 15.2 Å². The third-order valence-corrected chi connectivity index (χ3v) is 4.14. The van der Waals surface area contributed by atoms with Gasteiger partial charge in [-0.1, -0.05) is 18.2 Å². The smallest absolute Gasteiger partial charge is 0.225 e. The van der Waals surface area contributed by atoms with Crippen molar-refractivity contribution in [3.63, 3.8) is 0 Å². The van der Waals surface area contributed by atoms with Gasteiger partial charge in [-0.2, -0.15) is 0 Å². The molecule has 2 rings (SSSR count). The van der Waals surface area contributed by atoms with Gasteiger partial charge < -0.3 is 4.74 Å². The first kappa shape index (κ1) is 11.7. The molecule has 1 heterocycles. The van der Waals surface area contributed by atoms with Crippen molar-refractivity contribution >= 4 is 21.6 Å². The lowest BCUT2D eigenvalue weighted by atomic mass is 10.1. The first-order valence-corrected chi connectivity index (χ1v) is 7.07. The Morgan fingerprint density at radius 1 is 1.44 bits per heavy atom. The van der Waals surface area contributed by atoms with Gasteiger partial charge in [0.25, 0.3) is 0 Å². The van der Waals surface area contributed by atoms with Crippen LogP contribution in [-0.2, 0) is 16.4 Å². The molecule has 0 radical (unpaired) electrons.